The van der Waals surface area contributed by atoms with Gasteiger partial charge in [0, 0.05) is 18.7 Å². The predicted molar refractivity (Wildman–Crippen MR) is 93.0 cm³/mol. The Hall–Kier alpha value is -2.11. The quantitative estimate of drug-likeness (QED) is 0.820. The Kier molecular flexibility index (Phi) is 6.17. The minimum absolute atomic E-state index is 0.178. The fourth-order valence-corrected chi connectivity index (χ4v) is 3.58. The monoisotopic (exact) mass is 337 g/mol. The zero-order chi connectivity index (χ0) is 17.7. The molecule has 1 fully saturated rings. The Morgan fingerprint density at radius 3 is 2.21 bits per heavy atom. The van der Waals surface area contributed by atoms with Gasteiger partial charge in [-0.15, -0.1) is 0 Å². The first-order chi connectivity index (χ1) is 11.6. The van der Waals surface area contributed by atoms with Gasteiger partial charge in [0.1, 0.15) is 0 Å². The Morgan fingerprint density at radius 1 is 1.12 bits per heavy atom. The zero-order valence-corrected chi connectivity index (χ0v) is 14.9. The molecule has 1 saturated carbocycles. The third-order valence-electron chi connectivity index (χ3n) is 4.68. The minimum atomic E-state index is -1.00. The average molecular weight is 337 g/mol. The van der Waals surface area contributed by atoms with Crippen LogP contribution in [0.2, 0.25) is 0 Å². The lowest BCUT2D eigenvalue weighted by Crippen LogP contribution is -2.38. The summed E-state index contributed by atoms with van der Waals surface area (Å²) in [5.74, 6) is 0.199. The van der Waals surface area contributed by atoms with Crippen LogP contribution in [-0.2, 0) is 0 Å². The summed E-state index contributed by atoms with van der Waals surface area (Å²) in [5.41, 5.74) is 0.758. The summed E-state index contributed by atoms with van der Waals surface area (Å²) < 4.78 is 16.3. The van der Waals surface area contributed by atoms with E-state index >= 15 is 0 Å². The number of aromatic carboxylic acids is 1. The fourth-order valence-electron chi connectivity index (χ4n) is 3.58. The summed E-state index contributed by atoms with van der Waals surface area (Å²) in [4.78, 5) is 14.0. The third kappa shape index (κ3) is 3.37. The van der Waals surface area contributed by atoms with Crippen LogP contribution in [0, 0.1) is 0 Å². The van der Waals surface area contributed by atoms with Crippen LogP contribution in [-0.4, -0.2) is 45.0 Å². The van der Waals surface area contributed by atoms with Gasteiger partial charge in [-0.25, -0.2) is 4.79 Å². The molecule has 0 aliphatic heterocycles. The molecule has 0 heterocycles. The second-order valence-corrected chi connectivity index (χ2v) is 5.92. The molecule has 24 heavy (non-hydrogen) atoms. The van der Waals surface area contributed by atoms with Crippen molar-refractivity contribution in [2.75, 3.05) is 32.8 Å². The highest BCUT2D eigenvalue weighted by Crippen LogP contribution is 2.48. The van der Waals surface area contributed by atoms with E-state index in [2.05, 4.69) is 4.90 Å². The van der Waals surface area contributed by atoms with Crippen molar-refractivity contribution in [1.82, 2.24) is 0 Å². The molecule has 0 amide bonds. The predicted octanol–water partition coefficient (Wildman–Crippen LogP) is 3.57. The molecule has 0 bridgehead atoms. The fraction of sp³-hybridized carbons (Fsp3) is 0.611. The van der Waals surface area contributed by atoms with E-state index < -0.39 is 5.97 Å². The number of ether oxygens (including phenoxy) is 3. The van der Waals surface area contributed by atoms with Crippen molar-refractivity contribution in [3.8, 4) is 17.2 Å². The van der Waals surface area contributed by atoms with Crippen molar-refractivity contribution in [3.05, 3.63) is 11.6 Å². The molecular weight excluding hydrogens is 310 g/mol. The highest BCUT2D eigenvalue weighted by molar-refractivity contribution is 5.98. The maximum absolute atomic E-state index is 11.9. The first-order valence-corrected chi connectivity index (χ1v) is 8.41. The van der Waals surface area contributed by atoms with E-state index in [1.807, 2.05) is 6.92 Å². The molecule has 0 unspecified atom stereocenters. The van der Waals surface area contributed by atoms with Gasteiger partial charge in [0.25, 0.3) is 0 Å². The van der Waals surface area contributed by atoms with Crippen LogP contribution in [0.25, 0.3) is 0 Å². The largest absolute Gasteiger partial charge is 0.493 e. The molecule has 1 aromatic rings. The summed E-state index contributed by atoms with van der Waals surface area (Å²) >= 11 is 0. The Morgan fingerprint density at radius 2 is 1.75 bits per heavy atom. The molecule has 134 valence electrons. The van der Waals surface area contributed by atoms with Crippen molar-refractivity contribution in [1.29, 1.82) is 0 Å². The SMILES string of the molecule is CCN(c1c(C(=O)O)cc(OC)c(OC)c1OC)C1CCCCC1. The summed E-state index contributed by atoms with van der Waals surface area (Å²) in [5, 5.41) is 9.73. The van der Waals surface area contributed by atoms with E-state index in [1.165, 1.54) is 46.7 Å². The van der Waals surface area contributed by atoms with Gasteiger partial charge in [-0.1, -0.05) is 19.3 Å². The minimum Gasteiger partial charge on any atom is -0.493 e. The summed E-state index contributed by atoms with van der Waals surface area (Å²) in [6, 6.07) is 1.83. The summed E-state index contributed by atoms with van der Waals surface area (Å²) in [7, 11) is 4.55. The summed E-state index contributed by atoms with van der Waals surface area (Å²) in [6.45, 7) is 2.74. The van der Waals surface area contributed by atoms with Gasteiger partial charge < -0.3 is 24.2 Å². The van der Waals surface area contributed by atoms with E-state index in [1.54, 1.807) is 0 Å². The van der Waals surface area contributed by atoms with E-state index in [9.17, 15) is 9.90 Å². The number of rotatable bonds is 7. The van der Waals surface area contributed by atoms with Gasteiger partial charge in [-0.3, -0.25) is 0 Å². The second kappa shape index (κ2) is 8.13. The van der Waals surface area contributed by atoms with E-state index in [0.717, 1.165) is 12.8 Å². The van der Waals surface area contributed by atoms with Crippen LogP contribution in [0.3, 0.4) is 0 Å². The highest BCUT2D eigenvalue weighted by Gasteiger charge is 2.31. The molecule has 1 aliphatic rings. The van der Waals surface area contributed by atoms with Crippen molar-refractivity contribution < 1.29 is 24.1 Å². The number of methoxy groups -OCH3 is 3. The van der Waals surface area contributed by atoms with Crippen LogP contribution >= 0.6 is 0 Å². The maximum Gasteiger partial charge on any atom is 0.338 e. The molecule has 0 saturated heterocycles. The Bertz CT molecular complexity index is 581. The van der Waals surface area contributed by atoms with Gasteiger partial charge >= 0.3 is 5.97 Å². The number of hydrogen-bond donors (Lipinski definition) is 1. The number of anilines is 1. The number of carboxylic acid groups (broad SMARTS) is 1. The second-order valence-electron chi connectivity index (χ2n) is 5.92. The zero-order valence-electron chi connectivity index (χ0n) is 14.9. The number of benzene rings is 1. The van der Waals surface area contributed by atoms with Gasteiger partial charge in [0.15, 0.2) is 11.5 Å². The number of hydrogen-bond acceptors (Lipinski definition) is 5. The van der Waals surface area contributed by atoms with Gasteiger partial charge in [0.2, 0.25) is 5.75 Å². The highest BCUT2D eigenvalue weighted by atomic mass is 16.5. The molecule has 0 spiro atoms. The molecular formula is C18H27NO5. The van der Waals surface area contributed by atoms with Crippen LogP contribution in [0.4, 0.5) is 5.69 Å². The lowest BCUT2D eigenvalue weighted by molar-refractivity contribution is 0.0696. The molecule has 1 aromatic carbocycles. The lowest BCUT2D eigenvalue weighted by atomic mass is 9.93. The maximum atomic E-state index is 11.9. The number of carboxylic acids is 1. The molecule has 1 aliphatic carbocycles. The first kappa shape index (κ1) is 18.2. The van der Waals surface area contributed by atoms with Crippen LogP contribution in [0.1, 0.15) is 49.4 Å². The van der Waals surface area contributed by atoms with Crippen LogP contribution in [0.5, 0.6) is 17.2 Å². The van der Waals surface area contributed by atoms with E-state index in [-0.39, 0.29) is 5.56 Å². The molecule has 1 N–H and O–H groups in total. The molecule has 0 aromatic heterocycles. The Balaban J connectivity index is 2.65. The van der Waals surface area contributed by atoms with Crippen molar-refractivity contribution >= 4 is 11.7 Å². The van der Waals surface area contributed by atoms with Crippen LogP contribution < -0.4 is 19.1 Å². The van der Waals surface area contributed by atoms with Gasteiger partial charge in [0.05, 0.1) is 32.6 Å². The lowest BCUT2D eigenvalue weighted by Gasteiger charge is -2.37. The van der Waals surface area contributed by atoms with Crippen LogP contribution in [0.15, 0.2) is 6.07 Å². The topological polar surface area (TPSA) is 68.2 Å². The molecule has 0 radical (unpaired) electrons. The summed E-state index contributed by atoms with van der Waals surface area (Å²) in [6.07, 6.45) is 5.69. The Labute approximate surface area is 143 Å². The standard InChI is InChI=1S/C18H27NO5/c1-5-19(12-9-7-6-8-10-12)15-13(18(20)21)11-14(22-2)16(23-3)17(15)24-4/h11-12H,5-10H2,1-4H3,(H,20,21). The molecule has 0 atom stereocenters. The van der Waals surface area contributed by atoms with E-state index in [4.69, 9.17) is 14.2 Å². The molecule has 6 nitrogen and oxygen atoms in total. The number of carbonyl (C=O) groups is 1. The van der Waals surface area contributed by atoms with Crippen molar-refractivity contribution in [2.24, 2.45) is 0 Å². The smallest absolute Gasteiger partial charge is 0.338 e. The normalized spacial score (nSPS) is 15.0. The van der Waals surface area contributed by atoms with Gasteiger partial charge in [-0.2, -0.15) is 0 Å². The van der Waals surface area contributed by atoms with Crippen molar-refractivity contribution in [2.45, 2.75) is 45.1 Å². The number of nitrogens with zero attached hydrogens (tertiary/aromatic N) is 1. The first-order valence-electron chi connectivity index (χ1n) is 8.41. The third-order valence-corrected chi connectivity index (χ3v) is 4.68. The molecule has 6 heteroatoms. The van der Waals surface area contributed by atoms with Crippen molar-refractivity contribution in [3.63, 3.8) is 0 Å². The van der Waals surface area contributed by atoms with Gasteiger partial charge in [-0.05, 0) is 19.8 Å². The van der Waals surface area contributed by atoms with E-state index in [0.29, 0.717) is 35.5 Å². The average Bonchev–Trinajstić information content (AvgIpc) is 2.61. The molecule has 2 rings (SSSR count).